The molecule has 0 aliphatic carbocycles. The Kier molecular flexibility index (Phi) is 6.87. The lowest BCUT2D eigenvalue weighted by Gasteiger charge is -2.30. The maximum Gasteiger partial charge on any atom is 0.419 e. The molecule has 0 unspecified atom stereocenters. The minimum absolute atomic E-state index is 0.506. The Balaban J connectivity index is 1.98. The van der Waals surface area contributed by atoms with E-state index in [2.05, 4.69) is 9.97 Å². The van der Waals surface area contributed by atoms with E-state index in [1.54, 1.807) is 36.9 Å². The van der Waals surface area contributed by atoms with Crippen LogP contribution in [0.2, 0.25) is 10.0 Å². The number of aromatic nitrogens is 2. The molecule has 34 heavy (non-hydrogen) atoms. The van der Waals surface area contributed by atoms with E-state index in [0.29, 0.717) is 21.4 Å². The van der Waals surface area contributed by atoms with Crippen molar-refractivity contribution in [2.45, 2.75) is 26.4 Å². The van der Waals surface area contributed by atoms with Gasteiger partial charge in [-0.1, -0.05) is 59.6 Å². The summed E-state index contributed by atoms with van der Waals surface area (Å²) in [6.45, 7) is 5.46. The molecule has 0 spiro atoms. The molecular weight excluding hydrogens is 469 g/mol. The fraction of sp³-hybridized carbons (Fsp3) is 0.148. The number of benzene rings is 2. The van der Waals surface area contributed by atoms with Crippen molar-refractivity contribution in [3.8, 4) is 22.3 Å². The fourth-order valence-electron chi connectivity index (χ4n) is 3.58. The lowest BCUT2D eigenvalue weighted by molar-refractivity contribution is 0.0599. The summed E-state index contributed by atoms with van der Waals surface area (Å²) < 4.78 is 5.82. The Morgan fingerprint density at radius 3 is 1.59 bits per heavy atom. The van der Waals surface area contributed by atoms with E-state index in [-0.39, 0.29) is 0 Å². The molecule has 0 fully saturated rings. The van der Waals surface area contributed by atoms with Crippen molar-refractivity contribution in [1.29, 1.82) is 0 Å². The van der Waals surface area contributed by atoms with E-state index in [0.717, 1.165) is 22.3 Å². The van der Waals surface area contributed by atoms with Crippen LogP contribution in [0.3, 0.4) is 0 Å². The summed E-state index contributed by atoms with van der Waals surface area (Å²) in [5, 5.41) is 1.10. The Hall–Kier alpha value is -3.41. The van der Waals surface area contributed by atoms with Gasteiger partial charge in [-0.15, -0.1) is 0 Å². The van der Waals surface area contributed by atoms with Crippen LogP contribution >= 0.6 is 23.2 Å². The number of rotatable bonds is 4. The molecular formula is C27H23Cl2N3O2. The van der Waals surface area contributed by atoms with Crippen LogP contribution in [-0.2, 0) is 4.74 Å². The van der Waals surface area contributed by atoms with Crippen LogP contribution in [0.25, 0.3) is 22.3 Å². The third kappa shape index (κ3) is 5.06. The number of hydrogen-bond acceptors (Lipinski definition) is 4. The maximum absolute atomic E-state index is 13.7. The highest BCUT2D eigenvalue weighted by atomic mass is 35.5. The summed E-state index contributed by atoms with van der Waals surface area (Å²) >= 11 is 13.1. The van der Waals surface area contributed by atoms with Gasteiger partial charge in [-0.05, 0) is 45.0 Å². The smallest absolute Gasteiger partial charge is 0.419 e. The molecule has 4 aromatic rings. The number of carbonyl (C=O) groups is 1. The molecule has 7 heteroatoms. The van der Waals surface area contributed by atoms with Gasteiger partial charge in [0, 0.05) is 44.7 Å². The Morgan fingerprint density at radius 2 is 1.18 bits per heavy atom. The van der Waals surface area contributed by atoms with Crippen molar-refractivity contribution in [2.24, 2.45) is 0 Å². The zero-order valence-electron chi connectivity index (χ0n) is 19.0. The third-order valence-corrected chi connectivity index (χ3v) is 5.65. The number of amides is 1. The molecule has 0 radical (unpaired) electrons. The first-order valence-corrected chi connectivity index (χ1v) is 11.4. The lowest BCUT2D eigenvalue weighted by atomic mass is 10.0. The predicted octanol–water partition coefficient (Wildman–Crippen LogP) is 8.19. The van der Waals surface area contributed by atoms with Gasteiger partial charge in [-0.2, -0.15) is 0 Å². The molecule has 0 atom stereocenters. The van der Waals surface area contributed by atoms with Crippen LogP contribution in [0.5, 0.6) is 0 Å². The average Bonchev–Trinajstić information content (AvgIpc) is 2.80. The number of pyridine rings is 2. The zero-order chi connectivity index (χ0) is 24.3. The molecule has 0 saturated heterocycles. The van der Waals surface area contributed by atoms with E-state index in [1.165, 1.54) is 4.90 Å². The quantitative estimate of drug-likeness (QED) is 0.288. The van der Waals surface area contributed by atoms with Gasteiger partial charge in [0.15, 0.2) is 0 Å². The van der Waals surface area contributed by atoms with Crippen LogP contribution in [0, 0.1) is 0 Å². The minimum Gasteiger partial charge on any atom is -0.443 e. The normalized spacial score (nSPS) is 11.2. The summed E-state index contributed by atoms with van der Waals surface area (Å²) in [7, 11) is 0. The van der Waals surface area contributed by atoms with Gasteiger partial charge in [-0.3, -0.25) is 9.97 Å². The standard InChI is InChI=1S/C27H23Cl2N3O2/c1-27(2,3)34-26(33)32(24-16-30-14-12-20(24)18-8-4-6-10-22(18)28)25-17-31-15-13-21(25)19-9-5-7-11-23(19)29/h4-17H,1-3H3. The number of hydrogen-bond donors (Lipinski definition) is 0. The van der Waals surface area contributed by atoms with Gasteiger partial charge in [-0.25, -0.2) is 9.69 Å². The molecule has 4 rings (SSSR count). The summed E-state index contributed by atoms with van der Waals surface area (Å²) in [6, 6.07) is 18.5. The Labute approximate surface area is 209 Å². The lowest BCUT2D eigenvalue weighted by Crippen LogP contribution is -2.34. The molecule has 0 bridgehead atoms. The van der Waals surface area contributed by atoms with Crippen molar-refractivity contribution in [2.75, 3.05) is 4.90 Å². The van der Waals surface area contributed by atoms with E-state index in [1.807, 2.05) is 69.3 Å². The molecule has 2 heterocycles. The van der Waals surface area contributed by atoms with Gasteiger partial charge in [0.25, 0.3) is 0 Å². The first-order valence-electron chi connectivity index (χ1n) is 10.7. The number of halogens is 2. The summed E-state index contributed by atoms with van der Waals surface area (Å²) in [4.78, 5) is 23.8. The van der Waals surface area contributed by atoms with Crippen LogP contribution < -0.4 is 4.90 Å². The highest BCUT2D eigenvalue weighted by Crippen LogP contribution is 2.42. The SMILES string of the molecule is CC(C)(C)OC(=O)N(c1cnccc1-c1ccccc1Cl)c1cnccc1-c1ccccc1Cl. The second-order valence-corrected chi connectivity index (χ2v) is 9.38. The van der Waals surface area contributed by atoms with E-state index in [9.17, 15) is 4.79 Å². The number of ether oxygens (including phenoxy) is 1. The largest absolute Gasteiger partial charge is 0.443 e. The molecule has 0 aliphatic rings. The van der Waals surface area contributed by atoms with Crippen molar-refractivity contribution in [3.63, 3.8) is 0 Å². The van der Waals surface area contributed by atoms with Gasteiger partial charge >= 0.3 is 6.09 Å². The van der Waals surface area contributed by atoms with E-state index in [4.69, 9.17) is 27.9 Å². The second-order valence-electron chi connectivity index (χ2n) is 8.56. The van der Waals surface area contributed by atoms with Crippen molar-refractivity contribution < 1.29 is 9.53 Å². The van der Waals surface area contributed by atoms with Crippen LogP contribution in [0.15, 0.2) is 85.5 Å². The Bertz CT molecular complexity index is 1250. The first kappa shape index (κ1) is 23.7. The molecule has 172 valence electrons. The van der Waals surface area contributed by atoms with Crippen LogP contribution in [0.4, 0.5) is 16.2 Å². The third-order valence-electron chi connectivity index (χ3n) is 4.99. The predicted molar refractivity (Wildman–Crippen MR) is 138 cm³/mol. The molecule has 0 aliphatic heterocycles. The second kappa shape index (κ2) is 9.84. The minimum atomic E-state index is -0.727. The number of anilines is 2. The van der Waals surface area contributed by atoms with Gasteiger partial charge < -0.3 is 4.74 Å². The van der Waals surface area contributed by atoms with E-state index >= 15 is 0 Å². The van der Waals surface area contributed by atoms with Gasteiger partial charge in [0.05, 0.1) is 23.8 Å². The molecule has 0 saturated carbocycles. The summed E-state index contributed by atoms with van der Waals surface area (Å²) in [5.74, 6) is 0. The average molecular weight is 492 g/mol. The van der Waals surface area contributed by atoms with Gasteiger partial charge in [0.2, 0.25) is 0 Å². The molecule has 5 nitrogen and oxygen atoms in total. The number of carbonyl (C=O) groups excluding carboxylic acids is 1. The first-order chi connectivity index (χ1) is 16.3. The molecule has 1 amide bonds. The fourth-order valence-corrected chi connectivity index (χ4v) is 4.05. The van der Waals surface area contributed by atoms with Crippen molar-refractivity contribution in [1.82, 2.24) is 9.97 Å². The summed E-state index contributed by atoms with van der Waals surface area (Å²) in [6.07, 6.45) is 5.98. The summed E-state index contributed by atoms with van der Waals surface area (Å²) in [5.41, 5.74) is 3.25. The molecule has 2 aromatic heterocycles. The van der Waals surface area contributed by atoms with E-state index < -0.39 is 11.7 Å². The van der Waals surface area contributed by atoms with Crippen molar-refractivity contribution >= 4 is 40.7 Å². The van der Waals surface area contributed by atoms with Crippen LogP contribution in [0.1, 0.15) is 20.8 Å². The topological polar surface area (TPSA) is 55.3 Å². The zero-order valence-corrected chi connectivity index (χ0v) is 20.5. The highest BCUT2D eigenvalue weighted by Gasteiger charge is 2.30. The molecule has 2 aromatic carbocycles. The number of nitrogens with zero attached hydrogens (tertiary/aromatic N) is 3. The maximum atomic E-state index is 13.7. The van der Waals surface area contributed by atoms with Crippen LogP contribution in [-0.4, -0.2) is 21.7 Å². The Morgan fingerprint density at radius 1 is 0.735 bits per heavy atom. The highest BCUT2D eigenvalue weighted by molar-refractivity contribution is 6.34. The van der Waals surface area contributed by atoms with Gasteiger partial charge in [0.1, 0.15) is 5.60 Å². The van der Waals surface area contributed by atoms with Crippen molar-refractivity contribution in [3.05, 3.63) is 95.5 Å². The monoisotopic (exact) mass is 491 g/mol. The molecule has 0 N–H and O–H groups in total.